The van der Waals surface area contributed by atoms with Crippen molar-refractivity contribution in [3.05, 3.63) is 35.9 Å². The number of carboxylic acids is 2. The van der Waals surface area contributed by atoms with Gasteiger partial charge in [0, 0.05) is 12.8 Å². The van der Waals surface area contributed by atoms with Crippen molar-refractivity contribution in [1.82, 2.24) is 16.0 Å². The molecule has 0 aliphatic heterocycles. The third-order valence-electron chi connectivity index (χ3n) is 6.38. The number of aliphatic carboxylic acids is 2. The first kappa shape index (κ1) is 33.6. The number of nitrogens with one attached hydrogen (secondary N) is 3. The van der Waals surface area contributed by atoms with E-state index in [1.807, 2.05) is 0 Å². The van der Waals surface area contributed by atoms with Gasteiger partial charge in [0.1, 0.15) is 12.1 Å². The Balaban J connectivity index is 2.36. The minimum absolute atomic E-state index is 0.00917. The Morgan fingerprint density at radius 1 is 0.718 bits per heavy atom. The molecule has 0 aliphatic carbocycles. The van der Waals surface area contributed by atoms with Crippen LogP contribution in [0.15, 0.2) is 30.3 Å². The molecule has 0 unspecified atom stereocenters. The molecule has 3 amide bonds. The topological polar surface area (TPSA) is 162 Å². The van der Waals surface area contributed by atoms with Crippen LogP contribution in [0.1, 0.15) is 96.0 Å². The van der Waals surface area contributed by atoms with Crippen molar-refractivity contribution >= 4 is 29.7 Å². The molecule has 218 valence electrons. The average Bonchev–Trinajstić information content (AvgIpc) is 2.90. The lowest BCUT2D eigenvalue weighted by Crippen LogP contribution is -2.54. The molecule has 1 aromatic rings. The molecule has 0 heterocycles. The molecule has 39 heavy (non-hydrogen) atoms. The number of amides is 3. The van der Waals surface area contributed by atoms with E-state index in [-0.39, 0.29) is 18.7 Å². The van der Waals surface area contributed by atoms with E-state index >= 15 is 0 Å². The van der Waals surface area contributed by atoms with Crippen molar-refractivity contribution in [2.75, 3.05) is 6.54 Å². The molecule has 0 radical (unpaired) electrons. The fourth-order valence-electron chi connectivity index (χ4n) is 4.17. The molecule has 0 saturated heterocycles. The number of benzene rings is 1. The summed E-state index contributed by atoms with van der Waals surface area (Å²) in [5.74, 6) is -4.60. The maximum atomic E-state index is 12.6. The Morgan fingerprint density at radius 3 is 1.82 bits per heavy atom. The summed E-state index contributed by atoms with van der Waals surface area (Å²) < 4.78 is 0. The van der Waals surface area contributed by atoms with Gasteiger partial charge in [-0.1, -0.05) is 101 Å². The average molecular weight is 548 g/mol. The van der Waals surface area contributed by atoms with Gasteiger partial charge in [0.2, 0.25) is 17.7 Å². The standard InChI is InChI=1S/C29H45N3O7/c1-2-3-4-5-6-7-8-9-10-11-15-18-25(33)30-21-26(34)31-23(20-27(35)36)28(37)32-24(29(38)39)19-22-16-13-12-14-17-22/h12-14,16-17,23-24H,2-11,15,18-21H2,1H3,(H,30,33)(H,31,34)(H,32,37)(H,35,36)(H,38,39)/t23-,24-/m0/s1. The third kappa shape index (κ3) is 16.9. The first-order chi connectivity index (χ1) is 18.7. The molecule has 5 N–H and O–H groups in total. The number of unbranched alkanes of at least 4 members (excludes halogenated alkanes) is 10. The Labute approximate surface area is 231 Å². The van der Waals surface area contributed by atoms with Crippen LogP contribution in [0.2, 0.25) is 0 Å². The smallest absolute Gasteiger partial charge is 0.326 e. The number of carbonyl (C=O) groups is 5. The second kappa shape index (κ2) is 20.5. The number of rotatable bonds is 22. The largest absolute Gasteiger partial charge is 0.481 e. The van der Waals surface area contributed by atoms with Crippen LogP contribution in [0.3, 0.4) is 0 Å². The van der Waals surface area contributed by atoms with Gasteiger partial charge in [-0.05, 0) is 12.0 Å². The zero-order valence-electron chi connectivity index (χ0n) is 23.1. The van der Waals surface area contributed by atoms with Crippen LogP contribution < -0.4 is 16.0 Å². The SMILES string of the molecule is CCCCCCCCCCCCCC(=O)NCC(=O)N[C@@H](CC(=O)O)C(=O)N[C@@H](Cc1ccccc1)C(=O)O. The van der Waals surface area contributed by atoms with E-state index in [0.717, 1.165) is 19.3 Å². The van der Waals surface area contributed by atoms with Gasteiger partial charge in [0.15, 0.2) is 0 Å². The normalized spacial score (nSPS) is 12.2. The van der Waals surface area contributed by atoms with Gasteiger partial charge in [-0.2, -0.15) is 0 Å². The molecule has 1 rings (SSSR count). The zero-order valence-corrected chi connectivity index (χ0v) is 23.1. The van der Waals surface area contributed by atoms with Gasteiger partial charge in [-0.15, -0.1) is 0 Å². The first-order valence-corrected chi connectivity index (χ1v) is 14.1. The van der Waals surface area contributed by atoms with Gasteiger partial charge >= 0.3 is 11.9 Å². The molecule has 0 fully saturated rings. The molecular weight excluding hydrogens is 502 g/mol. The van der Waals surface area contributed by atoms with E-state index in [4.69, 9.17) is 5.11 Å². The van der Waals surface area contributed by atoms with Crippen molar-refractivity contribution in [3.63, 3.8) is 0 Å². The highest BCUT2D eigenvalue weighted by molar-refractivity contribution is 5.94. The molecule has 10 nitrogen and oxygen atoms in total. The van der Waals surface area contributed by atoms with Crippen LogP contribution in [0, 0.1) is 0 Å². The molecule has 0 saturated carbocycles. The lowest BCUT2D eigenvalue weighted by atomic mass is 10.1. The van der Waals surface area contributed by atoms with Crippen LogP contribution in [0.4, 0.5) is 0 Å². The maximum absolute atomic E-state index is 12.6. The molecule has 0 aliphatic rings. The van der Waals surface area contributed by atoms with Crippen LogP contribution in [0.5, 0.6) is 0 Å². The highest BCUT2D eigenvalue weighted by Gasteiger charge is 2.28. The van der Waals surface area contributed by atoms with E-state index in [1.165, 1.54) is 44.9 Å². The summed E-state index contributed by atoms with van der Waals surface area (Å²) in [4.78, 5) is 59.9. The van der Waals surface area contributed by atoms with Crippen LogP contribution in [-0.4, -0.2) is 58.5 Å². The van der Waals surface area contributed by atoms with Crippen molar-refractivity contribution in [1.29, 1.82) is 0 Å². The summed E-state index contributed by atoms with van der Waals surface area (Å²) >= 11 is 0. The summed E-state index contributed by atoms with van der Waals surface area (Å²) in [6.45, 7) is 1.80. The molecule has 10 heteroatoms. The second-order valence-electron chi connectivity index (χ2n) is 9.87. The fourth-order valence-corrected chi connectivity index (χ4v) is 4.17. The number of carboxylic acid groups (broad SMARTS) is 2. The van der Waals surface area contributed by atoms with Crippen LogP contribution in [0.25, 0.3) is 0 Å². The van der Waals surface area contributed by atoms with Crippen molar-refractivity contribution in [2.24, 2.45) is 0 Å². The molecule has 2 atom stereocenters. The van der Waals surface area contributed by atoms with Crippen molar-refractivity contribution < 1.29 is 34.2 Å². The van der Waals surface area contributed by atoms with E-state index in [2.05, 4.69) is 22.9 Å². The fraction of sp³-hybridized carbons (Fsp3) is 0.621. The molecule has 1 aromatic carbocycles. The van der Waals surface area contributed by atoms with Crippen LogP contribution in [-0.2, 0) is 30.4 Å². The minimum atomic E-state index is -1.49. The predicted molar refractivity (Wildman–Crippen MR) is 148 cm³/mol. The number of carbonyl (C=O) groups excluding carboxylic acids is 3. The summed E-state index contributed by atoms with van der Waals surface area (Å²) in [5.41, 5.74) is 0.671. The Kier molecular flexibility index (Phi) is 17.7. The van der Waals surface area contributed by atoms with Crippen molar-refractivity contribution in [2.45, 2.75) is 109 Å². The summed E-state index contributed by atoms with van der Waals surface area (Å²) in [6.07, 6.45) is 12.3. The third-order valence-corrected chi connectivity index (χ3v) is 6.38. The zero-order chi connectivity index (χ0) is 28.9. The number of hydrogen-bond donors (Lipinski definition) is 5. The monoisotopic (exact) mass is 547 g/mol. The maximum Gasteiger partial charge on any atom is 0.326 e. The van der Waals surface area contributed by atoms with Gasteiger partial charge in [-0.25, -0.2) is 4.79 Å². The Hall–Kier alpha value is -3.43. The molecular formula is C29H45N3O7. The summed E-state index contributed by atoms with van der Waals surface area (Å²) in [6, 6.07) is 5.85. The van der Waals surface area contributed by atoms with E-state index in [0.29, 0.717) is 12.0 Å². The number of hydrogen-bond acceptors (Lipinski definition) is 5. The summed E-state index contributed by atoms with van der Waals surface area (Å²) in [5, 5.41) is 25.7. The van der Waals surface area contributed by atoms with Gasteiger partial charge in [0.05, 0.1) is 13.0 Å². The molecule has 0 aromatic heterocycles. The lowest BCUT2D eigenvalue weighted by Gasteiger charge is -2.20. The summed E-state index contributed by atoms with van der Waals surface area (Å²) in [7, 11) is 0. The van der Waals surface area contributed by atoms with Gasteiger partial charge in [0.25, 0.3) is 0 Å². The highest BCUT2D eigenvalue weighted by atomic mass is 16.4. The predicted octanol–water partition coefficient (Wildman–Crippen LogP) is 3.58. The van der Waals surface area contributed by atoms with E-state index in [1.54, 1.807) is 30.3 Å². The van der Waals surface area contributed by atoms with Gasteiger partial charge in [-0.3, -0.25) is 19.2 Å². The molecule has 0 spiro atoms. The van der Waals surface area contributed by atoms with E-state index < -0.39 is 48.8 Å². The Bertz CT molecular complexity index is 892. The quantitative estimate of drug-likeness (QED) is 0.139. The highest BCUT2D eigenvalue weighted by Crippen LogP contribution is 2.12. The van der Waals surface area contributed by atoms with E-state index in [9.17, 15) is 29.1 Å². The second-order valence-corrected chi connectivity index (χ2v) is 9.87. The Morgan fingerprint density at radius 2 is 1.28 bits per heavy atom. The first-order valence-electron chi connectivity index (χ1n) is 14.1. The van der Waals surface area contributed by atoms with Crippen LogP contribution >= 0.6 is 0 Å². The molecule has 0 bridgehead atoms. The minimum Gasteiger partial charge on any atom is -0.481 e. The van der Waals surface area contributed by atoms with Gasteiger partial charge < -0.3 is 26.2 Å². The lowest BCUT2D eigenvalue weighted by molar-refractivity contribution is -0.143. The van der Waals surface area contributed by atoms with Crippen molar-refractivity contribution in [3.8, 4) is 0 Å².